The third-order valence-electron chi connectivity index (χ3n) is 4.33. The van der Waals surface area contributed by atoms with Crippen molar-refractivity contribution in [2.24, 2.45) is 0 Å². The Morgan fingerprint density at radius 1 is 0.786 bits per heavy atom. The average molecular weight is 389 g/mol. The van der Waals surface area contributed by atoms with Gasteiger partial charge in [-0.05, 0) is 12.1 Å². The predicted molar refractivity (Wildman–Crippen MR) is 114 cm³/mol. The largest absolute Gasteiger partial charge is 0.497 e. The first kappa shape index (κ1) is 18.1. The van der Waals surface area contributed by atoms with Gasteiger partial charge in [-0.3, -0.25) is 4.57 Å². The first-order chi connectivity index (χ1) is 13.6. The zero-order valence-electron chi connectivity index (χ0n) is 15.4. The normalized spacial score (nSPS) is 15.0. The van der Waals surface area contributed by atoms with Crippen molar-refractivity contribution in [2.45, 2.75) is 0 Å². The van der Waals surface area contributed by atoms with Gasteiger partial charge in [0.15, 0.2) is 0 Å². The summed E-state index contributed by atoms with van der Waals surface area (Å²) in [6.45, 7) is 0. The molecule has 1 N–H and O–H groups in total. The van der Waals surface area contributed by atoms with Crippen LogP contribution in [0.5, 0.6) is 5.75 Å². The fourth-order valence-corrected chi connectivity index (χ4v) is 4.83. The van der Waals surface area contributed by atoms with Crippen LogP contribution in [0.4, 0.5) is 5.69 Å². The van der Waals surface area contributed by atoms with E-state index in [1.54, 1.807) is 18.7 Å². The van der Waals surface area contributed by atoms with Crippen LogP contribution in [0, 0.1) is 0 Å². The van der Waals surface area contributed by atoms with Gasteiger partial charge in [-0.1, -0.05) is 66.7 Å². The maximum atomic E-state index is 13.8. The standard InChI is InChI=1S/C23H20NO3P/c1-26-21-14-8-13-20(15-21)24-28(25)16-22(18-9-4-2-5-10-18)27-23(17-28)19-11-6-3-7-12-19/h2-17H,1H3,(H,24,25). The number of hydrogen-bond acceptors (Lipinski definition) is 3. The molecule has 1 aliphatic heterocycles. The van der Waals surface area contributed by atoms with E-state index in [-0.39, 0.29) is 0 Å². The highest BCUT2D eigenvalue weighted by Gasteiger charge is 2.27. The number of anilines is 1. The van der Waals surface area contributed by atoms with E-state index < -0.39 is 7.29 Å². The minimum Gasteiger partial charge on any atom is -0.497 e. The molecule has 0 amide bonds. The molecular formula is C23H20NO3P. The summed E-state index contributed by atoms with van der Waals surface area (Å²) in [7, 11) is -1.46. The van der Waals surface area contributed by atoms with Crippen molar-refractivity contribution in [1.29, 1.82) is 0 Å². The third-order valence-corrected chi connectivity index (χ3v) is 6.17. The summed E-state index contributed by atoms with van der Waals surface area (Å²) >= 11 is 0. The molecule has 0 unspecified atom stereocenters. The molecule has 1 aliphatic rings. The molecule has 4 nitrogen and oxygen atoms in total. The number of benzene rings is 3. The fourth-order valence-electron chi connectivity index (χ4n) is 2.99. The number of nitrogens with one attached hydrogen (secondary N) is 1. The monoisotopic (exact) mass is 389 g/mol. The molecule has 0 aromatic heterocycles. The summed E-state index contributed by atoms with van der Waals surface area (Å²) in [6, 6.07) is 26.8. The van der Waals surface area contributed by atoms with Crippen LogP contribution >= 0.6 is 7.29 Å². The summed E-state index contributed by atoms with van der Waals surface area (Å²) in [5.74, 6) is 5.19. The Balaban J connectivity index is 1.76. The molecule has 0 radical (unpaired) electrons. The van der Waals surface area contributed by atoms with Crippen LogP contribution in [-0.4, -0.2) is 7.11 Å². The topological polar surface area (TPSA) is 47.6 Å². The highest BCUT2D eigenvalue weighted by atomic mass is 31.2. The van der Waals surface area contributed by atoms with Crippen molar-refractivity contribution >= 4 is 24.5 Å². The van der Waals surface area contributed by atoms with E-state index in [4.69, 9.17) is 9.47 Å². The van der Waals surface area contributed by atoms with E-state index in [1.807, 2.05) is 84.9 Å². The molecule has 0 fully saturated rings. The van der Waals surface area contributed by atoms with E-state index in [2.05, 4.69) is 5.09 Å². The Bertz CT molecular complexity index is 1020. The second kappa shape index (κ2) is 7.79. The molecule has 0 spiro atoms. The van der Waals surface area contributed by atoms with Crippen molar-refractivity contribution in [1.82, 2.24) is 0 Å². The molecule has 0 bridgehead atoms. The minimum absolute atomic E-state index is 0.570. The van der Waals surface area contributed by atoms with Crippen molar-refractivity contribution in [3.05, 3.63) is 108 Å². The van der Waals surface area contributed by atoms with E-state index in [0.29, 0.717) is 17.3 Å². The van der Waals surface area contributed by atoms with Crippen molar-refractivity contribution in [3.8, 4) is 5.75 Å². The number of rotatable bonds is 5. The van der Waals surface area contributed by atoms with Gasteiger partial charge in [0.1, 0.15) is 17.3 Å². The summed E-state index contributed by atoms with van der Waals surface area (Å²) in [5, 5.41) is 3.17. The molecule has 140 valence electrons. The van der Waals surface area contributed by atoms with E-state index in [9.17, 15) is 4.57 Å². The van der Waals surface area contributed by atoms with Gasteiger partial charge in [0.25, 0.3) is 0 Å². The summed E-state index contributed by atoms with van der Waals surface area (Å²) < 4.78 is 25.2. The van der Waals surface area contributed by atoms with E-state index in [1.165, 1.54) is 0 Å². The first-order valence-electron chi connectivity index (χ1n) is 8.91. The van der Waals surface area contributed by atoms with Gasteiger partial charge in [-0.2, -0.15) is 0 Å². The van der Waals surface area contributed by atoms with Crippen molar-refractivity contribution in [2.75, 3.05) is 12.2 Å². The maximum absolute atomic E-state index is 13.8. The summed E-state index contributed by atoms with van der Waals surface area (Å²) in [6.07, 6.45) is 0. The Morgan fingerprint density at radius 2 is 1.36 bits per heavy atom. The number of methoxy groups -OCH3 is 1. The molecule has 0 atom stereocenters. The zero-order valence-corrected chi connectivity index (χ0v) is 16.3. The number of hydrogen-bond donors (Lipinski definition) is 1. The lowest BCUT2D eigenvalue weighted by Gasteiger charge is -2.24. The van der Waals surface area contributed by atoms with E-state index >= 15 is 0 Å². The quantitative estimate of drug-likeness (QED) is 0.512. The van der Waals surface area contributed by atoms with Crippen molar-refractivity contribution in [3.63, 3.8) is 0 Å². The van der Waals surface area contributed by atoms with Crippen LogP contribution < -0.4 is 9.82 Å². The van der Waals surface area contributed by atoms with Gasteiger partial charge in [0.2, 0.25) is 7.29 Å². The van der Waals surface area contributed by atoms with Crippen LogP contribution in [0.2, 0.25) is 0 Å². The third kappa shape index (κ3) is 4.03. The lowest BCUT2D eigenvalue weighted by atomic mass is 10.2. The molecule has 4 rings (SSSR count). The van der Waals surface area contributed by atoms with Gasteiger partial charge in [0.05, 0.1) is 7.11 Å². The SMILES string of the molecule is COc1cccc(NP2(=O)C=C(c3ccccc3)OC(c3ccccc3)=C2)c1. The molecule has 3 aromatic rings. The molecule has 1 heterocycles. The molecule has 0 saturated carbocycles. The van der Waals surface area contributed by atoms with Crippen LogP contribution in [0.3, 0.4) is 0 Å². The molecule has 0 saturated heterocycles. The smallest absolute Gasteiger partial charge is 0.220 e. The molecule has 5 heteroatoms. The van der Waals surface area contributed by atoms with Crippen LogP contribution in [0.15, 0.2) is 96.6 Å². The first-order valence-corrected chi connectivity index (χ1v) is 10.8. The number of ether oxygens (including phenoxy) is 2. The molecule has 28 heavy (non-hydrogen) atoms. The highest BCUT2D eigenvalue weighted by Crippen LogP contribution is 2.56. The maximum Gasteiger partial charge on any atom is 0.220 e. The predicted octanol–water partition coefficient (Wildman–Crippen LogP) is 6.41. The molecule has 0 aliphatic carbocycles. The van der Waals surface area contributed by atoms with Gasteiger partial charge < -0.3 is 14.6 Å². The second-order valence-corrected chi connectivity index (χ2v) is 8.53. The Hall–Kier alpha value is -3.23. The minimum atomic E-state index is -3.06. The second-order valence-electron chi connectivity index (χ2n) is 6.37. The Kier molecular flexibility index (Phi) is 5.05. The zero-order chi connectivity index (χ0) is 19.4. The molecular weight excluding hydrogens is 369 g/mol. The average Bonchev–Trinajstić information content (AvgIpc) is 2.74. The highest BCUT2D eigenvalue weighted by molar-refractivity contribution is 7.72. The van der Waals surface area contributed by atoms with Crippen LogP contribution in [-0.2, 0) is 9.30 Å². The summed E-state index contributed by atoms with van der Waals surface area (Å²) in [4.78, 5) is 0. The van der Waals surface area contributed by atoms with Crippen molar-refractivity contribution < 1.29 is 14.0 Å². The molecule has 3 aromatic carbocycles. The van der Waals surface area contributed by atoms with Crippen LogP contribution in [0.1, 0.15) is 11.1 Å². The van der Waals surface area contributed by atoms with Gasteiger partial charge in [-0.15, -0.1) is 0 Å². The Labute approximate surface area is 164 Å². The van der Waals surface area contributed by atoms with Gasteiger partial charge in [-0.25, -0.2) is 0 Å². The van der Waals surface area contributed by atoms with Crippen LogP contribution in [0.25, 0.3) is 11.5 Å². The Morgan fingerprint density at radius 3 is 1.89 bits per heavy atom. The lowest BCUT2D eigenvalue weighted by Crippen LogP contribution is -2.03. The summed E-state index contributed by atoms with van der Waals surface area (Å²) in [5.41, 5.74) is 2.46. The van der Waals surface area contributed by atoms with Gasteiger partial charge >= 0.3 is 0 Å². The van der Waals surface area contributed by atoms with E-state index in [0.717, 1.165) is 16.8 Å². The lowest BCUT2D eigenvalue weighted by molar-refractivity contribution is 0.415. The van der Waals surface area contributed by atoms with Gasteiger partial charge in [0, 0.05) is 34.5 Å². The fraction of sp³-hybridized carbons (Fsp3) is 0.0435.